The van der Waals surface area contributed by atoms with E-state index in [9.17, 15) is 14.7 Å². The van der Waals surface area contributed by atoms with Gasteiger partial charge in [0.2, 0.25) is 0 Å². The first-order chi connectivity index (χ1) is 12.0. The summed E-state index contributed by atoms with van der Waals surface area (Å²) in [6.07, 6.45) is 2.03. The fraction of sp³-hybridized carbons (Fsp3) is 0.647. The number of nitrogens with one attached hydrogen (secondary N) is 1. The van der Waals surface area contributed by atoms with Crippen LogP contribution in [-0.4, -0.2) is 41.8 Å². The van der Waals surface area contributed by atoms with E-state index >= 15 is 0 Å². The second-order valence-corrected chi connectivity index (χ2v) is 13.3. The van der Waals surface area contributed by atoms with Crippen molar-refractivity contribution in [1.82, 2.24) is 9.55 Å². The number of aromatic amines is 1. The highest BCUT2D eigenvalue weighted by Gasteiger charge is 2.45. The average molecular weight is 447 g/mol. The number of rotatable bonds is 5. The van der Waals surface area contributed by atoms with Gasteiger partial charge in [-0.1, -0.05) is 36.7 Å². The van der Waals surface area contributed by atoms with Crippen molar-refractivity contribution < 1.29 is 14.3 Å². The van der Waals surface area contributed by atoms with Gasteiger partial charge in [0, 0.05) is 12.6 Å². The quantitative estimate of drug-likeness (QED) is 0.677. The van der Waals surface area contributed by atoms with E-state index in [0.29, 0.717) is 12.0 Å². The Morgan fingerprint density at radius 2 is 2.12 bits per heavy atom. The minimum Gasteiger partial charge on any atom is -0.411 e. The molecule has 2 rings (SSSR count). The van der Waals surface area contributed by atoms with E-state index in [2.05, 4.69) is 54.8 Å². The van der Waals surface area contributed by atoms with E-state index in [1.807, 2.05) is 0 Å². The summed E-state index contributed by atoms with van der Waals surface area (Å²) in [6, 6.07) is 0. The third-order valence-corrected chi connectivity index (χ3v) is 9.93. The Kier molecular flexibility index (Phi) is 6.50. The van der Waals surface area contributed by atoms with Crippen LogP contribution in [0.1, 0.15) is 39.0 Å². The minimum atomic E-state index is -2.06. The van der Waals surface area contributed by atoms with Gasteiger partial charge >= 0.3 is 5.69 Å². The molecule has 0 spiro atoms. The number of aromatic nitrogens is 2. The Balaban J connectivity index is 2.30. The van der Waals surface area contributed by atoms with Crippen molar-refractivity contribution in [3.05, 3.63) is 37.6 Å². The number of aliphatic hydroxyl groups is 1. The number of ether oxygens (including phenoxy) is 1. The number of halogens is 1. The molecule has 3 atom stereocenters. The molecule has 1 aromatic heterocycles. The van der Waals surface area contributed by atoms with Crippen molar-refractivity contribution in [3.63, 3.8) is 0 Å². The number of nitrogens with zero attached hydrogens (tertiary/aromatic N) is 1. The summed E-state index contributed by atoms with van der Waals surface area (Å²) < 4.78 is 13.6. The monoisotopic (exact) mass is 446 g/mol. The third-order valence-electron chi connectivity index (χ3n) is 5.16. The van der Waals surface area contributed by atoms with Gasteiger partial charge in [-0.15, -0.1) is 0 Å². The molecule has 2 heterocycles. The van der Waals surface area contributed by atoms with Crippen molar-refractivity contribution in [2.75, 3.05) is 6.61 Å². The Morgan fingerprint density at radius 3 is 2.65 bits per heavy atom. The molecule has 146 valence electrons. The molecule has 9 heteroatoms. The number of H-pyrrole nitrogens is 1. The lowest BCUT2D eigenvalue weighted by molar-refractivity contribution is -0.0438. The lowest BCUT2D eigenvalue weighted by Gasteiger charge is -2.39. The standard InChI is InChI=1S/C17H27BrN2O5Si/c1-17(2,3)26(4,5)25-12-8-14(24-13(12)10-21)20-9-11(6-7-18)15(22)19-16(20)23/h6-7,9,12-14,21H,8,10H2,1-5H3,(H,19,22,23)/b7-6+/t12?,13-,14-/m0/s1. The van der Waals surface area contributed by atoms with Crippen LogP contribution in [-0.2, 0) is 9.16 Å². The number of hydrogen-bond donors (Lipinski definition) is 2. The first kappa shape index (κ1) is 21.3. The van der Waals surface area contributed by atoms with E-state index in [0.717, 1.165) is 0 Å². The van der Waals surface area contributed by atoms with E-state index in [1.165, 1.54) is 10.8 Å². The maximum absolute atomic E-state index is 12.2. The minimum absolute atomic E-state index is 0.0216. The zero-order valence-electron chi connectivity index (χ0n) is 15.8. The van der Waals surface area contributed by atoms with Gasteiger partial charge in [0.1, 0.15) is 12.3 Å². The molecule has 0 amide bonds. The second-order valence-electron chi connectivity index (χ2n) is 8.01. The fourth-order valence-electron chi connectivity index (χ4n) is 2.62. The van der Waals surface area contributed by atoms with Crippen molar-refractivity contribution >= 4 is 30.3 Å². The smallest absolute Gasteiger partial charge is 0.330 e. The highest BCUT2D eigenvalue weighted by molar-refractivity contribution is 9.11. The highest BCUT2D eigenvalue weighted by Crippen LogP contribution is 2.40. The summed E-state index contributed by atoms with van der Waals surface area (Å²) in [5, 5.41) is 9.72. The van der Waals surface area contributed by atoms with Crippen LogP contribution in [0.25, 0.3) is 6.08 Å². The summed E-state index contributed by atoms with van der Waals surface area (Å²) >= 11 is 3.13. The predicted octanol–water partition coefficient (Wildman–Crippen LogP) is 2.57. The second kappa shape index (κ2) is 7.93. The molecule has 0 bridgehead atoms. The van der Waals surface area contributed by atoms with Crippen LogP contribution in [0.4, 0.5) is 0 Å². The van der Waals surface area contributed by atoms with Gasteiger partial charge in [-0.3, -0.25) is 14.3 Å². The van der Waals surface area contributed by atoms with Crippen molar-refractivity contribution in [2.24, 2.45) is 0 Å². The molecule has 1 aliphatic heterocycles. The largest absolute Gasteiger partial charge is 0.411 e. The topological polar surface area (TPSA) is 93.6 Å². The zero-order valence-corrected chi connectivity index (χ0v) is 18.4. The Hall–Kier alpha value is -1.00. The highest BCUT2D eigenvalue weighted by atomic mass is 79.9. The number of aliphatic hydroxyl groups excluding tert-OH is 1. The normalized spacial score (nSPS) is 24.5. The molecule has 1 saturated heterocycles. The first-order valence-corrected chi connectivity index (χ1v) is 12.4. The van der Waals surface area contributed by atoms with Gasteiger partial charge in [-0.2, -0.15) is 0 Å². The van der Waals surface area contributed by atoms with E-state index in [-0.39, 0.29) is 17.7 Å². The van der Waals surface area contributed by atoms with Gasteiger partial charge in [-0.25, -0.2) is 4.79 Å². The third kappa shape index (κ3) is 4.45. The Morgan fingerprint density at radius 1 is 1.46 bits per heavy atom. The summed E-state index contributed by atoms with van der Waals surface area (Å²) in [5.41, 5.74) is -0.677. The molecule has 0 saturated carbocycles. The van der Waals surface area contributed by atoms with Crippen molar-refractivity contribution in [1.29, 1.82) is 0 Å². The van der Waals surface area contributed by atoms with E-state index in [4.69, 9.17) is 9.16 Å². The SMILES string of the molecule is CC(C)(C)[Si](C)(C)OC1C[C@@H](n2cc(/C=C/Br)c(=O)[nH]c2=O)O[C@H]1CO. The van der Waals surface area contributed by atoms with Crippen LogP contribution in [0.5, 0.6) is 0 Å². The number of hydrogen-bond acceptors (Lipinski definition) is 5. The maximum Gasteiger partial charge on any atom is 0.330 e. The van der Waals surface area contributed by atoms with Crippen LogP contribution >= 0.6 is 15.9 Å². The lowest BCUT2D eigenvalue weighted by Crippen LogP contribution is -2.46. The molecule has 0 aliphatic carbocycles. The summed E-state index contributed by atoms with van der Waals surface area (Å²) in [6.45, 7) is 10.5. The molecule has 1 fully saturated rings. The van der Waals surface area contributed by atoms with Crippen LogP contribution in [0, 0.1) is 0 Å². The molecule has 26 heavy (non-hydrogen) atoms. The molecule has 0 aromatic carbocycles. The zero-order chi connectivity index (χ0) is 19.7. The van der Waals surface area contributed by atoms with Crippen LogP contribution in [0.3, 0.4) is 0 Å². The average Bonchev–Trinajstić information content (AvgIpc) is 2.91. The van der Waals surface area contributed by atoms with Gasteiger partial charge < -0.3 is 14.3 Å². The Labute approximate surface area is 162 Å². The molecule has 7 nitrogen and oxygen atoms in total. The van der Waals surface area contributed by atoms with Crippen molar-refractivity contribution in [3.8, 4) is 0 Å². The van der Waals surface area contributed by atoms with E-state index in [1.54, 1.807) is 11.1 Å². The van der Waals surface area contributed by atoms with Crippen LogP contribution < -0.4 is 11.2 Å². The van der Waals surface area contributed by atoms with Gasteiger partial charge in [0.25, 0.3) is 5.56 Å². The fourth-order valence-corrected chi connectivity index (χ4v) is 4.26. The summed E-state index contributed by atoms with van der Waals surface area (Å²) in [4.78, 5) is 27.9. The summed E-state index contributed by atoms with van der Waals surface area (Å²) in [7, 11) is -2.06. The molecule has 1 aliphatic rings. The molecule has 1 aromatic rings. The molecule has 2 N–H and O–H groups in total. The van der Waals surface area contributed by atoms with Gasteiger partial charge in [-0.05, 0) is 29.2 Å². The predicted molar refractivity (Wildman–Crippen MR) is 107 cm³/mol. The van der Waals surface area contributed by atoms with Crippen LogP contribution in [0.15, 0.2) is 20.8 Å². The maximum atomic E-state index is 12.2. The van der Waals surface area contributed by atoms with Crippen molar-refractivity contribution in [2.45, 2.75) is 63.8 Å². The molecular weight excluding hydrogens is 420 g/mol. The molecule has 0 radical (unpaired) electrons. The molecular formula is C17H27BrN2O5Si. The first-order valence-electron chi connectivity index (χ1n) is 8.56. The Bertz CT molecular complexity index is 781. The lowest BCUT2D eigenvalue weighted by atomic mass is 10.2. The summed E-state index contributed by atoms with van der Waals surface area (Å²) in [5.74, 6) is 0. The molecule has 1 unspecified atom stereocenters. The van der Waals surface area contributed by atoms with Gasteiger partial charge in [0.15, 0.2) is 8.32 Å². The van der Waals surface area contributed by atoms with Gasteiger partial charge in [0.05, 0.1) is 18.3 Å². The van der Waals surface area contributed by atoms with Crippen LogP contribution in [0.2, 0.25) is 18.1 Å². The van der Waals surface area contributed by atoms with E-state index < -0.39 is 31.9 Å².